The zero-order valence-electron chi connectivity index (χ0n) is 7.25. The van der Waals surface area contributed by atoms with Crippen LogP contribution in [0, 0.1) is 10.7 Å². The largest absolute Gasteiger partial charge is 0.262 e. The van der Waals surface area contributed by atoms with Gasteiger partial charge in [0.15, 0.2) is 0 Å². The number of rotatable bonds is 1. The summed E-state index contributed by atoms with van der Waals surface area (Å²) >= 11 is 0.964. The van der Waals surface area contributed by atoms with E-state index in [1.54, 1.807) is 0 Å². The zero-order valence-corrected chi connectivity index (χ0v) is 8.07. The summed E-state index contributed by atoms with van der Waals surface area (Å²) in [4.78, 5) is 4.15. The van der Waals surface area contributed by atoms with E-state index in [1.807, 2.05) is 26.2 Å². The van der Waals surface area contributed by atoms with Crippen LogP contribution in [-0.2, 0) is 5.41 Å². The third-order valence-electron chi connectivity index (χ3n) is 1.31. The van der Waals surface area contributed by atoms with Crippen LogP contribution in [-0.4, -0.2) is 15.2 Å². The first-order valence-electron chi connectivity index (χ1n) is 3.53. The fourth-order valence-corrected chi connectivity index (χ4v) is 0.978. The Balaban J connectivity index is 2.86. The molecule has 1 heterocycles. The summed E-state index contributed by atoms with van der Waals surface area (Å²) in [5, 5.41) is 17.4. The fourth-order valence-electron chi connectivity index (χ4n) is 0.668. The highest BCUT2D eigenvalue weighted by Gasteiger charge is 2.18. The van der Waals surface area contributed by atoms with Gasteiger partial charge in [-0.1, -0.05) is 20.8 Å². The van der Waals surface area contributed by atoms with Crippen LogP contribution in [0.15, 0.2) is 5.16 Å². The van der Waals surface area contributed by atoms with Gasteiger partial charge < -0.3 is 0 Å². The van der Waals surface area contributed by atoms with Crippen LogP contribution < -0.4 is 0 Å². The minimum absolute atomic E-state index is 0.0404. The van der Waals surface area contributed by atoms with Crippen molar-refractivity contribution in [1.29, 1.82) is 5.26 Å². The molecule has 0 aliphatic carbocycles. The summed E-state index contributed by atoms with van der Waals surface area (Å²) in [6.45, 7) is 6.11. The first kappa shape index (κ1) is 9.07. The molecule has 4 nitrogen and oxygen atoms in total. The maximum atomic E-state index is 8.35. The molecule has 0 bridgehead atoms. The molecule has 0 amide bonds. The predicted octanol–water partition coefficient (Wildman–Crippen LogP) is 1.68. The van der Waals surface area contributed by atoms with E-state index < -0.39 is 0 Å². The molecule has 0 atom stereocenters. The molecule has 0 spiro atoms. The van der Waals surface area contributed by atoms with Crippen molar-refractivity contribution in [3.63, 3.8) is 0 Å². The molecule has 12 heavy (non-hydrogen) atoms. The molecule has 0 aromatic carbocycles. The molecule has 0 fully saturated rings. The number of aromatic amines is 1. The van der Waals surface area contributed by atoms with Crippen LogP contribution in [0.5, 0.6) is 0 Å². The quantitative estimate of drug-likeness (QED) is 0.530. The first-order chi connectivity index (χ1) is 5.54. The van der Waals surface area contributed by atoms with Gasteiger partial charge in [0.1, 0.15) is 11.2 Å². The lowest BCUT2D eigenvalue weighted by molar-refractivity contribution is 0.547. The number of nitrogens with one attached hydrogen (secondary N) is 1. The molecule has 1 aromatic rings. The molecule has 1 rings (SSSR count). The van der Waals surface area contributed by atoms with E-state index >= 15 is 0 Å². The van der Waals surface area contributed by atoms with Gasteiger partial charge in [0.05, 0.1) is 0 Å². The lowest BCUT2D eigenvalue weighted by Gasteiger charge is -2.12. The first-order valence-corrected chi connectivity index (χ1v) is 4.34. The highest BCUT2D eigenvalue weighted by atomic mass is 32.2. The number of hydrogen-bond acceptors (Lipinski definition) is 4. The topological polar surface area (TPSA) is 65.4 Å². The highest BCUT2D eigenvalue weighted by molar-refractivity contribution is 8.03. The van der Waals surface area contributed by atoms with Crippen LogP contribution >= 0.6 is 11.8 Å². The smallest absolute Gasteiger partial charge is 0.223 e. The number of thioether (sulfide) groups is 1. The van der Waals surface area contributed by atoms with Gasteiger partial charge in [-0.25, -0.2) is 4.98 Å². The summed E-state index contributed by atoms with van der Waals surface area (Å²) in [6, 6.07) is 0. The van der Waals surface area contributed by atoms with Crippen molar-refractivity contribution >= 4 is 11.8 Å². The van der Waals surface area contributed by atoms with Gasteiger partial charge in [-0.3, -0.25) is 5.10 Å². The highest BCUT2D eigenvalue weighted by Crippen LogP contribution is 2.20. The fraction of sp³-hybridized carbons (Fsp3) is 0.571. The van der Waals surface area contributed by atoms with Crippen LogP contribution in [0.4, 0.5) is 0 Å². The van der Waals surface area contributed by atoms with Crippen LogP contribution in [0.2, 0.25) is 0 Å². The molecule has 5 heteroatoms. The normalized spacial score (nSPS) is 11.2. The number of thiocyanates is 1. The molecule has 0 aliphatic rings. The number of aromatic nitrogens is 3. The summed E-state index contributed by atoms with van der Waals surface area (Å²) in [5.74, 6) is 0.806. The van der Waals surface area contributed by atoms with E-state index in [0.717, 1.165) is 17.6 Å². The maximum Gasteiger partial charge on any atom is 0.223 e. The minimum atomic E-state index is -0.0404. The van der Waals surface area contributed by atoms with Gasteiger partial charge in [-0.15, -0.1) is 5.10 Å². The lowest BCUT2D eigenvalue weighted by Crippen LogP contribution is -2.13. The van der Waals surface area contributed by atoms with Crippen LogP contribution in [0.1, 0.15) is 26.6 Å². The van der Waals surface area contributed by atoms with E-state index in [1.165, 1.54) is 0 Å². The number of H-pyrrole nitrogens is 1. The van der Waals surface area contributed by atoms with Crippen molar-refractivity contribution in [2.75, 3.05) is 0 Å². The van der Waals surface area contributed by atoms with Gasteiger partial charge in [0, 0.05) is 17.2 Å². The molecule has 0 radical (unpaired) electrons. The second-order valence-corrected chi connectivity index (χ2v) is 4.16. The van der Waals surface area contributed by atoms with E-state index in [9.17, 15) is 0 Å². The summed E-state index contributed by atoms with van der Waals surface area (Å²) < 4.78 is 0. The molecule has 0 aliphatic heterocycles. The predicted molar refractivity (Wildman–Crippen MR) is 46.6 cm³/mol. The van der Waals surface area contributed by atoms with Crippen molar-refractivity contribution in [2.24, 2.45) is 0 Å². The van der Waals surface area contributed by atoms with Gasteiger partial charge in [0.2, 0.25) is 5.16 Å². The molecular weight excluding hydrogens is 172 g/mol. The number of nitrogens with zero attached hydrogens (tertiary/aromatic N) is 3. The summed E-state index contributed by atoms with van der Waals surface area (Å²) in [5.41, 5.74) is -0.0404. The van der Waals surface area contributed by atoms with Crippen molar-refractivity contribution in [1.82, 2.24) is 15.2 Å². The Hall–Kier alpha value is -1.02. The molecule has 1 N–H and O–H groups in total. The Kier molecular flexibility index (Phi) is 2.38. The van der Waals surface area contributed by atoms with Crippen LogP contribution in [0.25, 0.3) is 0 Å². The number of hydrogen-bond donors (Lipinski definition) is 1. The van der Waals surface area contributed by atoms with Crippen molar-refractivity contribution in [2.45, 2.75) is 31.3 Å². The Morgan fingerprint density at radius 3 is 2.58 bits per heavy atom. The Morgan fingerprint density at radius 2 is 2.17 bits per heavy atom. The van der Waals surface area contributed by atoms with E-state index in [-0.39, 0.29) is 5.41 Å². The molecular formula is C7H10N4S. The molecule has 1 aromatic heterocycles. The summed E-state index contributed by atoms with van der Waals surface area (Å²) in [6.07, 6.45) is 0. The van der Waals surface area contributed by atoms with Crippen LogP contribution in [0.3, 0.4) is 0 Å². The van der Waals surface area contributed by atoms with Gasteiger partial charge in [-0.05, 0) is 0 Å². The van der Waals surface area contributed by atoms with Gasteiger partial charge in [-0.2, -0.15) is 5.26 Å². The van der Waals surface area contributed by atoms with E-state index in [2.05, 4.69) is 15.2 Å². The second kappa shape index (κ2) is 3.15. The van der Waals surface area contributed by atoms with Gasteiger partial charge in [0.25, 0.3) is 0 Å². The third kappa shape index (κ3) is 1.98. The molecule has 0 saturated heterocycles. The standard InChI is InChI=1S/C7H10N4S/c1-7(2,3)5-9-6(11-10-5)12-4-8/h1-3H3,(H,9,10,11). The SMILES string of the molecule is CC(C)(C)c1nc(SC#N)n[nH]1. The second-order valence-electron chi connectivity index (χ2n) is 3.41. The Labute approximate surface area is 75.4 Å². The van der Waals surface area contributed by atoms with E-state index in [4.69, 9.17) is 5.26 Å². The lowest BCUT2D eigenvalue weighted by atomic mass is 9.96. The molecule has 0 saturated carbocycles. The molecule has 0 unspecified atom stereocenters. The Bertz CT molecular complexity index is 304. The third-order valence-corrected chi connectivity index (χ3v) is 1.77. The maximum absolute atomic E-state index is 8.35. The Morgan fingerprint density at radius 1 is 1.50 bits per heavy atom. The van der Waals surface area contributed by atoms with Gasteiger partial charge >= 0.3 is 0 Å². The molecule has 64 valence electrons. The minimum Gasteiger partial charge on any atom is -0.262 e. The van der Waals surface area contributed by atoms with Crippen molar-refractivity contribution in [3.05, 3.63) is 5.82 Å². The van der Waals surface area contributed by atoms with E-state index in [0.29, 0.717) is 5.16 Å². The monoisotopic (exact) mass is 182 g/mol. The summed E-state index contributed by atoms with van der Waals surface area (Å²) in [7, 11) is 0. The number of nitriles is 1. The average molecular weight is 182 g/mol. The van der Waals surface area contributed by atoms with Crippen molar-refractivity contribution < 1.29 is 0 Å². The average Bonchev–Trinajstić information content (AvgIpc) is 2.35. The zero-order chi connectivity index (χ0) is 9.19. The van der Waals surface area contributed by atoms with Crippen molar-refractivity contribution in [3.8, 4) is 5.40 Å².